The zero-order chi connectivity index (χ0) is 18.2. The second-order valence-electron chi connectivity index (χ2n) is 5.75. The minimum atomic E-state index is -2.99. The third-order valence-corrected chi connectivity index (χ3v) is 4.06. The fourth-order valence-electron chi connectivity index (χ4n) is 2.74. The van der Waals surface area contributed by atoms with Crippen LogP contribution in [0.5, 0.6) is 11.5 Å². The van der Waals surface area contributed by atoms with Crippen molar-refractivity contribution in [3.63, 3.8) is 0 Å². The summed E-state index contributed by atoms with van der Waals surface area (Å²) in [5, 5.41) is 0. The van der Waals surface area contributed by atoms with E-state index in [0.29, 0.717) is 31.8 Å². The van der Waals surface area contributed by atoms with E-state index in [1.807, 2.05) is 0 Å². The topological polar surface area (TPSA) is 74.0 Å². The molecule has 2 N–H and O–H groups in total. The van der Waals surface area contributed by atoms with Crippen LogP contribution in [0.1, 0.15) is 29.6 Å². The summed E-state index contributed by atoms with van der Waals surface area (Å²) in [6.45, 7) is -0.646. The van der Waals surface area contributed by atoms with E-state index in [1.165, 1.54) is 19.2 Å². The van der Waals surface area contributed by atoms with Gasteiger partial charge in [-0.15, -0.1) is 12.4 Å². The Hall–Kier alpha value is -1.64. The molecule has 0 radical (unpaired) electrons. The van der Waals surface area contributed by atoms with Gasteiger partial charge in [0.1, 0.15) is 0 Å². The van der Waals surface area contributed by atoms with E-state index < -0.39 is 6.61 Å². The Morgan fingerprint density at radius 1 is 1.31 bits per heavy atom. The van der Waals surface area contributed by atoms with Gasteiger partial charge in [-0.1, -0.05) is 0 Å². The second kappa shape index (κ2) is 11.2. The summed E-state index contributed by atoms with van der Waals surface area (Å²) in [5.74, 6) is -0.214. The van der Waals surface area contributed by atoms with Gasteiger partial charge in [0.15, 0.2) is 11.5 Å². The molecule has 1 aromatic rings. The number of nitrogens with two attached hydrogens (primary N) is 1. The maximum absolute atomic E-state index is 12.6. The molecule has 1 aromatic carbocycles. The summed E-state index contributed by atoms with van der Waals surface area (Å²) in [7, 11) is 1.35. The fraction of sp³-hybridized carbons (Fsp3) is 0.588. The molecule has 148 valence electrons. The second-order valence-corrected chi connectivity index (χ2v) is 5.75. The number of carbonyl (C=O) groups excluding carboxylic acids is 1. The molecule has 1 heterocycles. The van der Waals surface area contributed by atoms with Crippen LogP contribution in [-0.2, 0) is 4.74 Å². The lowest BCUT2D eigenvalue weighted by atomic mass is 10.1. The Kier molecular flexibility index (Phi) is 9.61. The van der Waals surface area contributed by atoms with Crippen LogP contribution in [0.2, 0.25) is 0 Å². The molecule has 1 saturated heterocycles. The first kappa shape index (κ1) is 22.4. The number of halogens is 3. The van der Waals surface area contributed by atoms with Crippen molar-refractivity contribution >= 4 is 18.3 Å². The highest BCUT2D eigenvalue weighted by atomic mass is 35.5. The van der Waals surface area contributed by atoms with E-state index in [9.17, 15) is 13.6 Å². The fourth-order valence-corrected chi connectivity index (χ4v) is 2.74. The van der Waals surface area contributed by atoms with Crippen LogP contribution >= 0.6 is 12.4 Å². The molecule has 0 aliphatic carbocycles. The smallest absolute Gasteiger partial charge is 0.387 e. The number of hydrogen-bond acceptors (Lipinski definition) is 5. The number of amides is 1. The number of nitrogens with zero attached hydrogens (tertiary/aromatic N) is 1. The van der Waals surface area contributed by atoms with Crippen molar-refractivity contribution in [1.29, 1.82) is 0 Å². The third-order valence-electron chi connectivity index (χ3n) is 4.06. The summed E-state index contributed by atoms with van der Waals surface area (Å²) in [4.78, 5) is 14.3. The van der Waals surface area contributed by atoms with Crippen molar-refractivity contribution in [2.75, 3.05) is 33.4 Å². The number of piperidine rings is 1. The van der Waals surface area contributed by atoms with E-state index in [1.54, 1.807) is 11.0 Å². The summed E-state index contributed by atoms with van der Waals surface area (Å²) >= 11 is 0. The van der Waals surface area contributed by atoms with Gasteiger partial charge in [-0.25, -0.2) is 0 Å². The first-order valence-electron chi connectivity index (χ1n) is 8.29. The van der Waals surface area contributed by atoms with Gasteiger partial charge in [0.05, 0.1) is 13.2 Å². The van der Waals surface area contributed by atoms with Crippen LogP contribution in [0.3, 0.4) is 0 Å². The molecule has 1 fully saturated rings. The molecule has 0 aromatic heterocycles. The lowest BCUT2D eigenvalue weighted by Crippen LogP contribution is -2.41. The Labute approximate surface area is 158 Å². The molecule has 6 nitrogen and oxygen atoms in total. The van der Waals surface area contributed by atoms with Gasteiger partial charge in [-0.05, 0) is 44.0 Å². The number of alkyl halides is 2. The van der Waals surface area contributed by atoms with Crippen LogP contribution in [0.25, 0.3) is 0 Å². The summed E-state index contributed by atoms with van der Waals surface area (Å²) in [6.07, 6.45) is 2.43. The number of benzene rings is 1. The maximum atomic E-state index is 12.6. The molecule has 0 bridgehead atoms. The number of methoxy groups -OCH3 is 1. The van der Waals surface area contributed by atoms with E-state index in [2.05, 4.69) is 4.74 Å². The molecule has 26 heavy (non-hydrogen) atoms. The summed E-state index contributed by atoms with van der Waals surface area (Å²) < 4.78 is 40.1. The van der Waals surface area contributed by atoms with Crippen molar-refractivity contribution in [2.24, 2.45) is 5.73 Å². The molecule has 2 rings (SSSR count). The van der Waals surface area contributed by atoms with Gasteiger partial charge in [-0.2, -0.15) is 8.78 Å². The quantitative estimate of drug-likeness (QED) is 0.686. The van der Waals surface area contributed by atoms with Gasteiger partial charge in [0.25, 0.3) is 5.91 Å². The molecule has 0 saturated carbocycles. The van der Waals surface area contributed by atoms with Crippen LogP contribution in [0, 0.1) is 0 Å². The van der Waals surface area contributed by atoms with E-state index in [4.69, 9.17) is 15.2 Å². The van der Waals surface area contributed by atoms with Crippen molar-refractivity contribution in [3.05, 3.63) is 23.8 Å². The van der Waals surface area contributed by atoms with Gasteiger partial charge in [0.2, 0.25) is 0 Å². The highest BCUT2D eigenvalue weighted by Crippen LogP contribution is 2.30. The monoisotopic (exact) mass is 394 g/mol. The average molecular weight is 395 g/mol. The minimum Gasteiger partial charge on any atom is -0.493 e. The zero-order valence-corrected chi connectivity index (χ0v) is 15.5. The Morgan fingerprint density at radius 3 is 2.58 bits per heavy atom. The van der Waals surface area contributed by atoms with Crippen molar-refractivity contribution in [1.82, 2.24) is 4.90 Å². The molecular formula is C17H25ClF2N2O4. The van der Waals surface area contributed by atoms with Gasteiger partial charge >= 0.3 is 6.61 Å². The van der Waals surface area contributed by atoms with Crippen molar-refractivity contribution < 1.29 is 27.8 Å². The predicted octanol–water partition coefficient (Wildman–Crippen LogP) is 2.69. The van der Waals surface area contributed by atoms with Crippen LogP contribution in [0.4, 0.5) is 8.78 Å². The third kappa shape index (κ3) is 6.26. The summed E-state index contributed by atoms with van der Waals surface area (Å²) in [6, 6.07) is 4.29. The van der Waals surface area contributed by atoms with E-state index >= 15 is 0 Å². The Balaban J connectivity index is 0.00000338. The number of rotatable bonds is 8. The first-order valence-corrected chi connectivity index (χ1v) is 8.29. The van der Waals surface area contributed by atoms with E-state index in [0.717, 1.165) is 19.3 Å². The maximum Gasteiger partial charge on any atom is 0.387 e. The lowest BCUT2D eigenvalue weighted by molar-refractivity contribution is -0.0512. The van der Waals surface area contributed by atoms with Crippen LogP contribution in [0.15, 0.2) is 18.2 Å². The van der Waals surface area contributed by atoms with Crippen molar-refractivity contribution in [3.8, 4) is 11.5 Å². The van der Waals surface area contributed by atoms with Gasteiger partial charge in [-0.3, -0.25) is 4.79 Å². The number of carbonyl (C=O) groups is 1. The molecule has 9 heteroatoms. The van der Waals surface area contributed by atoms with Crippen molar-refractivity contribution in [2.45, 2.75) is 32.0 Å². The molecule has 0 spiro atoms. The zero-order valence-electron chi connectivity index (χ0n) is 14.7. The lowest BCUT2D eigenvalue weighted by Gasteiger charge is -2.32. The summed E-state index contributed by atoms with van der Waals surface area (Å²) in [5.41, 5.74) is 5.72. The number of ether oxygens (including phenoxy) is 3. The minimum absolute atomic E-state index is 0. The molecular weight excluding hydrogens is 370 g/mol. The van der Waals surface area contributed by atoms with Crippen LogP contribution in [-0.4, -0.2) is 56.9 Å². The largest absolute Gasteiger partial charge is 0.493 e. The standard InChI is InChI=1S/C17H24F2N2O4.ClH/c1-23-14-4-3-12(11-15(14)25-17(18)19)16(22)21-8-5-13(6-9-21)24-10-2-7-20;/h3-4,11,13,17H,2,5-10,20H2,1H3;1H. The van der Waals surface area contributed by atoms with E-state index in [-0.39, 0.29) is 35.9 Å². The molecule has 1 aliphatic rings. The van der Waals surface area contributed by atoms with Gasteiger partial charge < -0.3 is 24.8 Å². The molecule has 0 atom stereocenters. The molecule has 0 unspecified atom stereocenters. The first-order chi connectivity index (χ1) is 12.0. The highest BCUT2D eigenvalue weighted by molar-refractivity contribution is 5.95. The Bertz CT molecular complexity index is 570. The van der Waals surface area contributed by atoms with Crippen LogP contribution < -0.4 is 15.2 Å². The average Bonchev–Trinajstić information content (AvgIpc) is 2.61. The number of likely N-dealkylation sites (tertiary alicyclic amines) is 1. The van der Waals surface area contributed by atoms with Gasteiger partial charge in [0, 0.05) is 25.3 Å². The Morgan fingerprint density at radius 2 is 2.00 bits per heavy atom. The SMILES string of the molecule is COc1ccc(C(=O)N2CCC(OCCCN)CC2)cc1OC(F)F.Cl. The molecule has 1 aliphatic heterocycles. The molecule has 1 amide bonds. The highest BCUT2D eigenvalue weighted by Gasteiger charge is 2.25. The number of hydrogen-bond donors (Lipinski definition) is 1. The predicted molar refractivity (Wildman–Crippen MR) is 95.4 cm³/mol. The normalized spacial score (nSPS) is 14.9.